The molecule has 2 rings (SSSR count). The van der Waals surface area contributed by atoms with Gasteiger partial charge in [-0.25, -0.2) is 9.50 Å². The third kappa shape index (κ3) is 2.40. The average Bonchev–Trinajstić information content (AvgIpc) is 2.57. The fourth-order valence-corrected chi connectivity index (χ4v) is 2.23. The van der Waals surface area contributed by atoms with Crippen molar-refractivity contribution in [3.8, 4) is 0 Å². The van der Waals surface area contributed by atoms with Gasteiger partial charge in [-0.3, -0.25) is 0 Å². The lowest BCUT2D eigenvalue weighted by Gasteiger charge is -2.27. The van der Waals surface area contributed by atoms with Crippen molar-refractivity contribution in [3.05, 3.63) is 26.7 Å². The lowest BCUT2D eigenvalue weighted by atomic mass is 9.91. The predicted molar refractivity (Wildman–Crippen MR) is 75.9 cm³/mol. The van der Waals surface area contributed by atoms with Crippen LogP contribution in [0, 0.1) is 3.70 Å². The van der Waals surface area contributed by atoms with Crippen molar-refractivity contribution < 1.29 is 0 Å². The first-order valence-corrected chi connectivity index (χ1v) is 6.50. The highest BCUT2D eigenvalue weighted by Gasteiger charge is 2.26. The molecule has 17 heavy (non-hydrogen) atoms. The molecule has 1 unspecified atom stereocenters. The molecule has 0 aliphatic heterocycles. The largest absolute Gasteiger partial charge is 0.324 e. The molecule has 0 amide bonds. The Hall–Kier alpha value is -0.440. The minimum Gasteiger partial charge on any atom is -0.324 e. The van der Waals surface area contributed by atoms with Gasteiger partial charge in [0.1, 0.15) is 3.70 Å². The van der Waals surface area contributed by atoms with Gasteiger partial charge in [-0.1, -0.05) is 11.6 Å². The van der Waals surface area contributed by atoms with E-state index < -0.39 is 5.54 Å². The molecule has 0 saturated heterocycles. The Labute approximate surface area is 118 Å². The van der Waals surface area contributed by atoms with E-state index >= 15 is 0 Å². The Morgan fingerprint density at radius 3 is 2.76 bits per heavy atom. The van der Waals surface area contributed by atoms with Crippen molar-refractivity contribution in [2.45, 2.75) is 25.4 Å². The molecule has 0 saturated carbocycles. The molecule has 0 radical (unpaired) electrons. The van der Waals surface area contributed by atoms with Crippen molar-refractivity contribution in [3.63, 3.8) is 0 Å². The summed E-state index contributed by atoms with van der Waals surface area (Å²) in [5, 5.41) is 4.55. The van der Waals surface area contributed by atoms with Crippen LogP contribution in [-0.2, 0) is 0 Å². The van der Waals surface area contributed by atoms with E-state index in [0.717, 1.165) is 9.26 Å². The lowest BCUT2D eigenvalue weighted by Crippen LogP contribution is -2.44. The molecule has 2 aromatic rings. The van der Waals surface area contributed by atoms with Crippen LogP contribution < -0.4 is 11.5 Å². The zero-order valence-electron chi connectivity index (χ0n) is 9.48. The standard InChI is InChI=1S/C10H13ClIN5/c1-10(2,14)8(13)5-3-6(11)16-17-7(12)4-15-9(5)17/h3-4,8H,13-14H2,1-2H3. The highest BCUT2D eigenvalue weighted by Crippen LogP contribution is 2.26. The van der Waals surface area contributed by atoms with Gasteiger partial charge in [0.05, 0.1) is 12.2 Å². The topological polar surface area (TPSA) is 82.2 Å². The van der Waals surface area contributed by atoms with Crippen LogP contribution in [-0.4, -0.2) is 20.1 Å². The van der Waals surface area contributed by atoms with Crippen LogP contribution >= 0.6 is 34.2 Å². The maximum Gasteiger partial charge on any atom is 0.159 e. The smallest absolute Gasteiger partial charge is 0.159 e. The van der Waals surface area contributed by atoms with Crippen LogP contribution in [0.5, 0.6) is 0 Å². The van der Waals surface area contributed by atoms with Crippen molar-refractivity contribution in [2.24, 2.45) is 11.5 Å². The highest BCUT2D eigenvalue weighted by atomic mass is 127. The van der Waals surface area contributed by atoms with E-state index in [1.165, 1.54) is 0 Å². The van der Waals surface area contributed by atoms with E-state index in [2.05, 4.69) is 32.7 Å². The van der Waals surface area contributed by atoms with Crippen LogP contribution in [0.3, 0.4) is 0 Å². The minimum absolute atomic E-state index is 0.358. The summed E-state index contributed by atoms with van der Waals surface area (Å²) < 4.78 is 2.55. The van der Waals surface area contributed by atoms with Crippen LogP contribution in [0.4, 0.5) is 0 Å². The molecule has 92 valence electrons. The van der Waals surface area contributed by atoms with Crippen molar-refractivity contribution in [2.75, 3.05) is 0 Å². The second kappa shape index (κ2) is 4.34. The second-order valence-corrected chi connectivity index (χ2v) is 6.03. The lowest BCUT2D eigenvalue weighted by molar-refractivity contribution is 0.420. The van der Waals surface area contributed by atoms with Gasteiger partial charge in [-0.05, 0) is 42.5 Å². The molecule has 5 nitrogen and oxygen atoms in total. The zero-order chi connectivity index (χ0) is 12.8. The molecule has 0 fully saturated rings. The molecule has 0 aliphatic carbocycles. The number of imidazole rings is 1. The number of hydrogen-bond acceptors (Lipinski definition) is 4. The number of rotatable bonds is 2. The molecule has 2 aromatic heterocycles. The molecule has 0 spiro atoms. The van der Waals surface area contributed by atoms with Crippen LogP contribution in [0.2, 0.25) is 5.15 Å². The van der Waals surface area contributed by atoms with Gasteiger partial charge in [0.15, 0.2) is 10.8 Å². The predicted octanol–water partition coefficient (Wildman–Crippen LogP) is 1.72. The fraction of sp³-hybridized carbons (Fsp3) is 0.400. The summed E-state index contributed by atoms with van der Waals surface area (Å²) in [4.78, 5) is 4.29. The van der Waals surface area contributed by atoms with Gasteiger partial charge in [-0.2, -0.15) is 5.10 Å². The van der Waals surface area contributed by atoms with E-state index in [-0.39, 0.29) is 6.04 Å². The van der Waals surface area contributed by atoms with Gasteiger partial charge in [-0.15, -0.1) is 0 Å². The second-order valence-electron chi connectivity index (χ2n) is 4.54. The number of nitrogens with zero attached hydrogens (tertiary/aromatic N) is 3. The van der Waals surface area contributed by atoms with Crippen LogP contribution in [0.1, 0.15) is 25.5 Å². The third-order valence-corrected chi connectivity index (χ3v) is 3.48. The number of fused-ring (bicyclic) bond motifs is 1. The quantitative estimate of drug-likeness (QED) is 0.794. The summed E-state index contributed by atoms with van der Waals surface area (Å²) >= 11 is 8.13. The number of aromatic nitrogens is 3. The monoisotopic (exact) mass is 365 g/mol. The maximum absolute atomic E-state index is 6.15. The summed E-state index contributed by atoms with van der Waals surface area (Å²) in [6.45, 7) is 3.74. The van der Waals surface area contributed by atoms with E-state index in [4.69, 9.17) is 23.1 Å². The molecular formula is C10H13ClIN5. The summed E-state index contributed by atoms with van der Waals surface area (Å²) in [7, 11) is 0. The molecule has 1 atom stereocenters. The van der Waals surface area contributed by atoms with E-state index in [9.17, 15) is 0 Å². The first kappa shape index (κ1) is 13.0. The van der Waals surface area contributed by atoms with Gasteiger partial charge in [0.25, 0.3) is 0 Å². The molecule has 0 aliphatic rings. The normalized spacial score (nSPS) is 14.2. The van der Waals surface area contributed by atoms with Crippen LogP contribution in [0.25, 0.3) is 5.65 Å². The van der Waals surface area contributed by atoms with Gasteiger partial charge < -0.3 is 11.5 Å². The Kier molecular flexibility index (Phi) is 3.32. The SMILES string of the molecule is CC(C)(N)C(N)c1cc(Cl)nn2c(I)cnc12. The first-order valence-electron chi connectivity index (χ1n) is 5.05. The Balaban J connectivity index is 2.69. The fourth-order valence-electron chi connectivity index (χ4n) is 1.56. The Morgan fingerprint density at radius 2 is 2.18 bits per heavy atom. The van der Waals surface area contributed by atoms with Gasteiger partial charge in [0.2, 0.25) is 0 Å². The number of hydrogen-bond donors (Lipinski definition) is 2. The van der Waals surface area contributed by atoms with E-state index in [1.54, 1.807) is 16.8 Å². The van der Waals surface area contributed by atoms with E-state index in [1.807, 2.05) is 13.8 Å². The molecule has 2 heterocycles. The molecular weight excluding hydrogens is 353 g/mol. The van der Waals surface area contributed by atoms with Crippen LogP contribution in [0.15, 0.2) is 12.3 Å². The average molecular weight is 366 g/mol. The van der Waals surface area contributed by atoms with Gasteiger partial charge >= 0.3 is 0 Å². The maximum atomic E-state index is 6.15. The van der Waals surface area contributed by atoms with Gasteiger partial charge in [0, 0.05) is 11.1 Å². The summed E-state index contributed by atoms with van der Waals surface area (Å²) in [6.07, 6.45) is 1.72. The highest BCUT2D eigenvalue weighted by molar-refractivity contribution is 14.1. The number of nitrogens with two attached hydrogens (primary N) is 2. The zero-order valence-corrected chi connectivity index (χ0v) is 12.4. The Bertz CT molecular complexity index is 560. The molecule has 4 N–H and O–H groups in total. The first-order chi connectivity index (χ1) is 7.80. The molecule has 0 aromatic carbocycles. The summed E-state index contributed by atoms with van der Waals surface area (Å²) in [5.74, 6) is 0. The Morgan fingerprint density at radius 1 is 1.53 bits per heavy atom. The van der Waals surface area contributed by atoms with Crippen molar-refractivity contribution in [1.29, 1.82) is 0 Å². The third-order valence-electron chi connectivity index (χ3n) is 2.56. The van der Waals surface area contributed by atoms with E-state index in [0.29, 0.717) is 10.8 Å². The molecule has 7 heteroatoms. The van der Waals surface area contributed by atoms with Crippen molar-refractivity contribution in [1.82, 2.24) is 14.6 Å². The number of halogens is 2. The molecule has 0 bridgehead atoms. The summed E-state index contributed by atoms with van der Waals surface area (Å²) in [6, 6.07) is 1.36. The minimum atomic E-state index is -0.553. The summed E-state index contributed by atoms with van der Waals surface area (Å²) in [5.41, 5.74) is 13.1. The van der Waals surface area contributed by atoms with Crippen molar-refractivity contribution >= 4 is 39.8 Å².